The number of aliphatic hydroxyl groups excluding tert-OH is 2. The lowest BCUT2D eigenvalue weighted by Crippen LogP contribution is -2.21. The van der Waals surface area contributed by atoms with E-state index in [4.69, 9.17) is 60.2 Å². The van der Waals surface area contributed by atoms with Gasteiger partial charge in [-0.3, -0.25) is 0 Å². The lowest BCUT2D eigenvalue weighted by molar-refractivity contribution is 0.159. The third-order valence-electron chi connectivity index (χ3n) is 7.35. The Balaban J connectivity index is 0.000000150. The Labute approximate surface area is 232 Å². The van der Waals surface area contributed by atoms with Gasteiger partial charge in [0.2, 0.25) is 0 Å². The van der Waals surface area contributed by atoms with Gasteiger partial charge in [0.05, 0.1) is 51.0 Å². The molecule has 8 nitrogen and oxygen atoms in total. The van der Waals surface area contributed by atoms with Crippen molar-refractivity contribution in [1.82, 2.24) is 9.97 Å². The molecule has 0 aromatic carbocycles. The largest absolute Gasteiger partial charge is 0.395 e. The van der Waals surface area contributed by atoms with E-state index in [1.165, 1.54) is 0 Å². The van der Waals surface area contributed by atoms with Crippen molar-refractivity contribution in [3.8, 4) is 0 Å². The first-order chi connectivity index (χ1) is 17.6. The molecular weight excluding hydrogens is 539 g/mol. The number of pyridine rings is 2. The summed E-state index contributed by atoms with van der Waals surface area (Å²) in [6.07, 6.45) is 2.31. The summed E-state index contributed by atoms with van der Waals surface area (Å²) in [6.45, 7) is 7.01. The highest BCUT2D eigenvalue weighted by molar-refractivity contribution is 6.34. The molecule has 2 aliphatic carbocycles. The third-order valence-corrected chi connectivity index (χ3v) is 7.98. The molecule has 6 rings (SSSR count). The Morgan fingerprint density at radius 3 is 1.84 bits per heavy atom. The van der Waals surface area contributed by atoms with E-state index in [-0.39, 0.29) is 36.1 Å². The van der Waals surface area contributed by atoms with E-state index in [0.29, 0.717) is 27.0 Å². The van der Waals surface area contributed by atoms with Crippen LogP contribution in [0.25, 0.3) is 0 Å². The van der Waals surface area contributed by atoms with Gasteiger partial charge in [-0.25, -0.2) is 9.97 Å². The number of rotatable bonds is 6. The number of nitrogens with zero attached hydrogens (tertiary/aromatic N) is 2. The van der Waals surface area contributed by atoms with Crippen LogP contribution in [0.5, 0.6) is 0 Å². The molecule has 204 valence electrons. The van der Waals surface area contributed by atoms with Crippen LogP contribution in [-0.2, 0) is 20.3 Å². The lowest BCUT2D eigenvalue weighted by atomic mass is 10.0. The van der Waals surface area contributed by atoms with Gasteiger partial charge in [0, 0.05) is 33.0 Å². The lowest BCUT2D eigenvalue weighted by Gasteiger charge is -2.16. The highest BCUT2D eigenvalue weighted by atomic mass is 35.5. The Bertz CT molecular complexity index is 1070. The van der Waals surface area contributed by atoms with Crippen LogP contribution in [0.3, 0.4) is 0 Å². The van der Waals surface area contributed by atoms with E-state index in [2.05, 4.69) is 15.3 Å². The normalized spacial score (nSPS) is 30.1. The number of ether oxygens (including phenoxy) is 2. The molecule has 0 radical (unpaired) electrons. The van der Waals surface area contributed by atoms with E-state index in [0.717, 1.165) is 56.5 Å². The summed E-state index contributed by atoms with van der Waals surface area (Å²) >= 11 is 18.0. The van der Waals surface area contributed by atoms with E-state index < -0.39 is 0 Å². The smallest absolute Gasteiger partial charge is 0.130 e. The van der Waals surface area contributed by atoms with Crippen molar-refractivity contribution in [1.29, 1.82) is 0 Å². The second-order valence-corrected chi connectivity index (χ2v) is 11.8. The quantitative estimate of drug-likeness (QED) is 0.385. The summed E-state index contributed by atoms with van der Waals surface area (Å²) in [5.41, 5.74) is 7.29. The van der Waals surface area contributed by atoms with Gasteiger partial charge in [0.25, 0.3) is 0 Å². The molecular formula is C26H35Cl3N4O4. The molecule has 2 saturated carbocycles. The van der Waals surface area contributed by atoms with E-state index in [9.17, 15) is 0 Å². The van der Waals surface area contributed by atoms with Crippen molar-refractivity contribution >= 4 is 40.6 Å². The van der Waals surface area contributed by atoms with Crippen LogP contribution in [-0.4, -0.2) is 71.9 Å². The summed E-state index contributed by atoms with van der Waals surface area (Å²) in [4.78, 5) is 8.96. The maximum atomic E-state index is 9.06. The van der Waals surface area contributed by atoms with Crippen molar-refractivity contribution in [2.75, 3.05) is 45.0 Å². The van der Waals surface area contributed by atoms with Crippen molar-refractivity contribution in [2.24, 2.45) is 17.6 Å². The van der Waals surface area contributed by atoms with Gasteiger partial charge in [0.1, 0.15) is 11.0 Å². The molecule has 0 spiro atoms. The fourth-order valence-corrected chi connectivity index (χ4v) is 5.62. The first-order valence-electron chi connectivity index (χ1n) is 12.5. The number of anilines is 1. The Morgan fingerprint density at radius 2 is 1.43 bits per heavy atom. The van der Waals surface area contributed by atoms with Gasteiger partial charge in [0.15, 0.2) is 0 Å². The van der Waals surface area contributed by atoms with E-state index in [1.54, 1.807) is 19.1 Å². The fourth-order valence-electron chi connectivity index (χ4n) is 4.94. The zero-order valence-electron chi connectivity index (χ0n) is 21.1. The summed E-state index contributed by atoms with van der Waals surface area (Å²) in [5.74, 6) is 1.96. The standard InChI is InChI=1S/C13H17ClN2O2.C10H9Cl2NO.C3H9NO/c1-8(5-17)15-12-3-10(14)2-11(16-12)13-4-9(13)6-18-7-13;11-7-1-8(13-9(12)2-7)10-3-6(10)4-14-5-10;1-3(4)2-5/h2-3,8-9,17H,4-7H2,1H3,(H,15,16);1-2,6H,3-5H2;3,5H,2,4H2,1H3/t8-,9?,13?;;3-/m1.1/s1. The van der Waals surface area contributed by atoms with Gasteiger partial charge in [-0.1, -0.05) is 34.8 Å². The maximum absolute atomic E-state index is 9.06. The number of hydrogen-bond acceptors (Lipinski definition) is 8. The van der Waals surface area contributed by atoms with Gasteiger partial charge in [-0.2, -0.15) is 0 Å². The van der Waals surface area contributed by atoms with Crippen molar-refractivity contribution < 1.29 is 19.7 Å². The van der Waals surface area contributed by atoms with Gasteiger partial charge in [-0.15, -0.1) is 0 Å². The molecule has 5 N–H and O–H groups in total. The molecule has 0 bridgehead atoms. The molecule has 4 fully saturated rings. The van der Waals surface area contributed by atoms with Gasteiger partial charge < -0.3 is 30.7 Å². The average molecular weight is 574 g/mol. The van der Waals surface area contributed by atoms with Crippen LogP contribution < -0.4 is 11.1 Å². The number of halogens is 3. The molecule has 37 heavy (non-hydrogen) atoms. The molecule has 2 aromatic rings. The third kappa shape index (κ3) is 6.68. The maximum Gasteiger partial charge on any atom is 0.130 e. The van der Waals surface area contributed by atoms with Crippen LogP contribution >= 0.6 is 34.8 Å². The Hall–Kier alpha value is -1.23. The van der Waals surface area contributed by atoms with E-state index >= 15 is 0 Å². The molecule has 2 aromatic heterocycles. The highest BCUT2D eigenvalue weighted by Crippen LogP contribution is 2.58. The topological polar surface area (TPSA) is 123 Å². The second kappa shape index (κ2) is 11.9. The predicted molar refractivity (Wildman–Crippen MR) is 146 cm³/mol. The van der Waals surface area contributed by atoms with Crippen LogP contribution in [0.15, 0.2) is 24.3 Å². The number of aromatic nitrogens is 2. The molecule has 4 heterocycles. The number of nitrogens with two attached hydrogens (primary N) is 1. The van der Waals surface area contributed by atoms with Crippen LogP contribution in [0, 0.1) is 11.8 Å². The molecule has 11 heteroatoms. The number of aliphatic hydroxyl groups is 2. The number of fused-ring (bicyclic) bond motifs is 2. The zero-order valence-corrected chi connectivity index (χ0v) is 23.4. The zero-order chi connectivity index (χ0) is 26.8. The Morgan fingerprint density at radius 1 is 0.919 bits per heavy atom. The van der Waals surface area contributed by atoms with Crippen molar-refractivity contribution in [2.45, 2.75) is 49.6 Å². The molecule has 4 unspecified atom stereocenters. The van der Waals surface area contributed by atoms with Crippen LogP contribution in [0.1, 0.15) is 38.1 Å². The summed E-state index contributed by atoms with van der Waals surface area (Å²) in [6, 6.07) is 7.20. The summed E-state index contributed by atoms with van der Waals surface area (Å²) in [5, 5.41) is 22.0. The summed E-state index contributed by atoms with van der Waals surface area (Å²) < 4.78 is 10.9. The second-order valence-electron chi connectivity index (χ2n) is 10.6. The number of nitrogens with one attached hydrogen (secondary N) is 1. The highest BCUT2D eigenvalue weighted by Gasteiger charge is 2.61. The molecule has 2 saturated heterocycles. The molecule has 2 aliphatic heterocycles. The average Bonchev–Trinajstić information content (AvgIpc) is 3.65. The minimum Gasteiger partial charge on any atom is -0.395 e. The fraction of sp³-hybridized carbons (Fsp3) is 0.615. The van der Waals surface area contributed by atoms with Gasteiger partial charge in [-0.05, 0) is 62.8 Å². The van der Waals surface area contributed by atoms with Crippen LogP contribution in [0.2, 0.25) is 15.2 Å². The SMILES string of the molecule is C[C@@H](N)CO.C[C@H](CO)Nc1cc(Cl)cc(C23COCC2C3)n1.Clc1cc(Cl)nc(C23COCC2C3)c1. The molecule has 0 amide bonds. The molecule has 6 atom stereocenters. The number of hydrogen-bond donors (Lipinski definition) is 4. The van der Waals surface area contributed by atoms with E-state index in [1.807, 2.05) is 19.1 Å². The first-order valence-corrected chi connectivity index (χ1v) is 13.7. The summed E-state index contributed by atoms with van der Waals surface area (Å²) in [7, 11) is 0. The monoisotopic (exact) mass is 572 g/mol. The molecule has 4 aliphatic rings. The Kier molecular flexibility index (Phi) is 9.24. The van der Waals surface area contributed by atoms with Crippen molar-refractivity contribution in [3.63, 3.8) is 0 Å². The van der Waals surface area contributed by atoms with Crippen molar-refractivity contribution in [3.05, 3.63) is 50.9 Å². The minimum absolute atomic E-state index is 0.0313. The van der Waals surface area contributed by atoms with Crippen LogP contribution in [0.4, 0.5) is 5.82 Å². The van der Waals surface area contributed by atoms with Gasteiger partial charge >= 0.3 is 0 Å². The predicted octanol–water partition coefficient (Wildman–Crippen LogP) is 3.82. The first kappa shape index (κ1) is 28.8. The minimum atomic E-state index is -0.0602.